The normalized spacial score (nSPS) is 25.4. The fraction of sp³-hybridized carbons (Fsp3) is 0.368. The third-order valence-corrected chi connectivity index (χ3v) is 5.36. The SMILES string of the molecule is Clc1cccc(-c2cnc3ccc(NC4CCC5OC5CC4)nn23)c1. The van der Waals surface area contributed by atoms with Crippen molar-refractivity contribution in [2.75, 3.05) is 5.32 Å². The number of aromatic nitrogens is 3. The average molecular weight is 355 g/mol. The zero-order chi connectivity index (χ0) is 16.8. The van der Waals surface area contributed by atoms with Gasteiger partial charge in [0, 0.05) is 16.6 Å². The zero-order valence-corrected chi connectivity index (χ0v) is 14.5. The van der Waals surface area contributed by atoms with Crippen LogP contribution < -0.4 is 5.32 Å². The van der Waals surface area contributed by atoms with Gasteiger partial charge in [0.05, 0.1) is 24.1 Å². The Morgan fingerprint density at radius 3 is 2.72 bits per heavy atom. The number of nitrogens with zero attached hydrogens (tertiary/aromatic N) is 3. The summed E-state index contributed by atoms with van der Waals surface area (Å²) in [6.45, 7) is 0. The van der Waals surface area contributed by atoms with Gasteiger partial charge in [0.15, 0.2) is 5.65 Å². The zero-order valence-electron chi connectivity index (χ0n) is 13.7. The molecule has 1 N–H and O–H groups in total. The number of rotatable bonds is 3. The largest absolute Gasteiger partial charge is 0.370 e. The third-order valence-electron chi connectivity index (χ3n) is 5.12. The van der Waals surface area contributed by atoms with Crippen LogP contribution in [0, 0.1) is 0 Å². The molecule has 0 amide bonds. The third kappa shape index (κ3) is 2.98. The number of fused-ring (bicyclic) bond motifs is 2. The minimum atomic E-state index is 0.458. The van der Waals surface area contributed by atoms with Gasteiger partial charge in [0.2, 0.25) is 0 Å². The molecule has 2 aromatic heterocycles. The van der Waals surface area contributed by atoms with Gasteiger partial charge in [-0.2, -0.15) is 0 Å². The van der Waals surface area contributed by atoms with E-state index in [1.54, 1.807) is 0 Å². The van der Waals surface area contributed by atoms with E-state index in [4.69, 9.17) is 21.4 Å². The number of hydrogen-bond acceptors (Lipinski definition) is 4. The lowest BCUT2D eigenvalue weighted by atomic mass is 10.1. The maximum Gasteiger partial charge on any atom is 0.154 e. The van der Waals surface area contributed by atoms with E-state index in [1.165, 1.54) is 0 Å². The second kappa shape index (κ2) is 6.00. The van der Waals surface area contributed by atoms with Crippen molar-refractivity contribution < 1.29 is 4.74 Å². The number of imidazole rings is 1. The van der Waals surface area contributed by atoms with E-state index < -0.39 is 0 Å². The van der Waals surface area contributed by atoms with Gasteiger partial charge < -0.3 is 10.1 Å². The monoisotopic (exact) mass is 354 g/mol. The highest BCUT2D eigenvalue weighted by Crippen LogP contribution is 2.35. The summed E-state index contributed by atoms with van der Waals surface area (Å²) in [7, 11) is 0. The molecular formula is C19H19ClN4O. The van der Waals surface area contributed by atoms with Crippen LogP contribution in [0.2, 0.25) is 5.02 Å². The van der Waals surface area contributed by atoms with E-state index in [2.05, 4.69) is 10.3 Å². The van der Waals surface area contributed by atoms with Crippen LogP contribution in [0.1, 0.15) is 25.7 Å². The summed E-state index contributed by atoms with van der Waals surface area (Å²) < 4.78 is 7.49. The first kappa shape index (κ1) is 15.2. The van der Waals surface area contributed by atoms with Crippen molar-refractivity contribution in [1.82, 2.24) is 14.6 Å². The van der Waals surface area contributed by atoms with E-state index in [-0.39, 0.29) is 0 Å². The number of ether oxygens (including phenoxy) is 1. The predicted molar refractivity (Wildman–Crippen MR) is 98.0 cm³/mol. The van der Waals surface area contributed by atoms with Crippen molar-refractivity contribution in [3.05, 3.63) is 47.6 Å². The first-order chi connectivity index (χ1) is 12.3. The quantitative estimate of drug-likeness (QED) is 0.717. The summed E-state index contributed by atoms with van der Waals surface area (Å²) in [4.78, 5) is 4.46. The van der Waals surface area contributed by atoms with Gasteiger partial charge in [-0.3, -0.25) is 0 Å². The van der Waals surface area contributed by atoms with Crippen LogP contribution in [0.5, 0.6) is 0 Å². The summed E-state index contributed by atoms with van der Waals surface area (Å²) in [6, 6.07) is 12.2. The number of halogens is 1. The summed E-state index contributed by atoms with van der Waals surface area (Å²) in [5.74, 6) is 0.885. The highest BCUT2D eigenvalue weighted by Gasteiger charge is 2.40. The average Bonchev–Trinajstić information content (AvgIpc) is 3.28. The standard InChI is InChI=1S/C19H19ClN4O/c20-13-3-1-2-12(10-13)15-11-21-19-9-8-18(23-24(15)19)22-14-4-6-16-17(25-16)7-5-14/h1-3,8-11,14,16-17H,4-7H2,(H,22,23). The molecule has 1 aliphatic carbocycles. The van der Waals surface area contributed by atoms with Crippen molar-refractivity contribution in [3.63, 3.8) is 0 Å². The van der Waals surface area contributed by atoms with Crippen LogP contribution in [0.4, 0.5) is 5.82 Å². The summed E-state index contributed by atoms with van der Waals surface area (Å²) in [5.41, 5.74) is 2.78. The van der Waals surface area contributed by atoms with Gasteiger partial charge in [0.25, 0.3) is 0 Å². The molecule has 2 aliphatic rings. The first-order valence-electron chi connectivity index (χ1n) is 8.79. The number of epoxide rings is 1. The van der Waals surface area contributed by atoms with Gasteiger partial charge in [-0.05, 0) is 49.9 Å². The van der Waals surface area contributed by atoms with E-state index in [0.29, 0.717) is 23.3 Å². The maximum absolute atomic E-state index is 6.13. The molecule has 1 saturated heterocycles. The molecule has 3 aromatic rings. The van der Waals surface area contributed by atoms with Crippen molar-refractivity contribution in [2.45, 2.75) is 43.9 Å². The van der Waals surface area contributed by atoms with Crippen LogP contribution in [-0.2, 0) is 4.74 Å². The number of hydrogen-bond donors (Lipinski definition) is 1. The van der Waals surface area contributed by atoms with Gasteiger partial charge in [-0.25, -0.2) is 9.50 Å². The van der Waals surface area contributed by atoms with Crippen LogP contribution in [0.3, 0.4) is 0 Å². The lowest BCUT2D eigenvalue weighted by molar-refractivity contribution is 0.329. The molecular weight excluding hydrogens is 336 g/mol. The molecule has 2 unspecified atom stereocenters. The van der Waals surface area contributed by atoms with Gasteiger partial charge >= 0.3 is 0 Å². The van der Waals surface area contributed by atoms with Crippen molar-refractivity contribution in [3.8, 4) is 11.3 Å². The highest BCUT2D eigenvalue weighted by atomic mass is 35.5. The molecule has 1 saturated carbocycles. The van der Waals surface area contributed by atoms with Crippen molar-refractivity contribution in [1.29, 1.82) is 0 Å². The number of anilines is 1. The smallest absolute Gasteiger partial charge is 0.154 e. The van der Waals surface area contributed by atoms with Crippen LogP contribution in [0.15, 0.2) is 42.6 Å². The minimum Gasteiger partial charge on any atom is -0.370 e. The Morgan fingerprint density at radius 2 is 1.92 bits per heavy atom. The molecule has 5 nitrogen and oxygen atoms in total. The Bertz CT molecular complexity index is 913. The second-order valence-electron chi connectivity index (χ2n) is 6.85. The summed E-state index contributed by atoms with van der Waals surface area (Å²) in [5, 5.41) is 9.07. The molecule has 1 aliphatic heterocycles. The van der Waals surface area contributed by atoms with Gasteiger partial charge in [0.1, 0.15) is 5.82 Å². The van der Waals surface area contributed by atoms with Crippen molar-refractivity contribution in [2.24, 2.45) is 0 Å². The van der Waals surface area contributed by atoms with E-state index in [9.17, 15) is 0 Å². The molecule has 2 fully saturated rings. The molecule has 25 heavy (non-hydrogen) atoms. The fourth-order valence-corrected chi connectivity index (χ4v) is 3.90. The molecule has 0 spiro atoms. The summed E-state index contributed by atoms with van der Waals surface area (Å²) in [6.07, 6.45) is 7.40. The maximum atomic E-state index is 6.13. The summed E-state index contributed by atoms with van der Waals surface area (Å²) >= 11 is 6.13. The van der Waals surface area contributed by atoms with Gasteiger partial charge in [-0.15, -0.1) is 5.10 Å². The molecule has 0 radical (unpaired) electrons. The first-order valence-corrected chi connectivity index (χ1v) is 9.17. The Labute approximate surface area is 151 Å². The van der Waals surface area contributed by atoms with Crippen LogP contribution in [-0.4, -0.2) is 32.8 Å². The van der Waals surface area contributed by atoms with Crippen molar-refractivity contribution >= 4 is 23.1 Å². The molecule has 1 aromatic carbocycles. The number of nitrogens with one attached hydrogen (secondary N) is 1. The molecule has 0 bridgehead atoms. The Kier molecular flexibility index (Phi) is 3.64. The second-order valence-corrected chi connectivity index (χ2v) is 7.29. The van der Waals surface area contributed by atoms with E-state index in [0.717, 1.165) is 48.4 Å². The Morgan fingerprint density at radius 1 is 1.08 bits per heavy atom. The number of benzene rings is 1. The predicted octanol–water partition coefficient (Wildman–Crippen LogP) is 4.17. The lowest BCUT2D eigenvalue weighted by Crippen LogP contribution is -2.20. The van der Waals surface area contributed by atoms with Gasteiger partial charge in [-0.1, -0.05) is 23.7 Å². The molecule has 2 atom stereocenters. The fourth-order valence-electron chi connectivity index (χ4n) is 3.71. The van der Waals surface area contributed by atoms with Crippen LogP contribution >= 0.6 is 11.6 Å². The van der Waals surface area contributed by atoms with E-state index in [1.807, 2.05) is 47.1 Å². The minimum absolute atomic E-state index is 0.458. The molecule has 5 rings (SSSR count). The Balaban J connectivity index is 1.43. The van der Waals surface area contributed by atoms with Crippen LogP contribution in [0.25, 0.3) is 16.9 Å². The molecule has 3 heterocycles. The molecule has 128 valence electrons. The Hall–Kier alpha value is -2.11. The lowest BCUT2D eigenvalue weighted by Gasteiger charge is -2.17. The molecule has 6 heteroatoms. The highest BCUT2D eigenvalue weighted by molar-refractivity contribution is 6.30. The topological polar surface area (TPSA) is 54.8 Å². The van der Waals surface area contributed by atoms with E-state index >= 15 is 0 Å².